The fourth-order valence-corrected chi connectivity index (χ4v) is 3.72. The van der Waals surface area contributed by atoms with Crippen LogP contribution in [0.3, 0.4) is 0 Å². The molecule has 0 unspecified atom stereocenters. The normalized spacial score (nSPS) is 11.5. The largest absolute Gasteiger partial charge is 0.507 e. The first-order valence-electron chi connectivity index (χ1n) is 8.55. The number of carboxylic acid groups (broad SMARTS) is 1. The summed E-state index contributed by atoms with van der Waals surface area (Å²) in [5.74, 6) is -1.29. The number of aryl methyl sites for hydroxylation is 1. The van der Waals surface area contributed by atoms with Crippen LogP contribution in [0.25, 0.3) is 12.2 Å². The lowest BCUT2D eigenvalue weighted by molar-refractivity contribution is 0.0693. The van der Waals surface area contributed by atoms with Crippen molar-refractivity contribution in [1.29, 1.82) is 0 Å². The second-order valence-corrected chi connectivity index (χ2v) is 7.94. The van der Waals surface area contributed by atoms with Gasteiger partial charge in [0.15, 0.2) is 0 Å². The predicted octanol–water partition coefficient (Wildman–Crippen LogP) is 3.77. The van der Waals surface area contributed by atoms with Gasteiger partial charge in [-0.25, -0.2) is 18.2 Å². The molecule has 0 radical (unpaired) electrons. The SMILES string of the molecule is Cc1cccnc1NS(=O)(=O)c1cccc(C=Cc2ccc(O)c(C(=O)O)c2)c1. The van der Waals surface area contributed by atoms with Gasteiger partial charge in [0, 0.05) is 6.20 Å². The Labute approximate surface area is 168 Å². The number of phenols is 1. The van der Waals surface area contributed by atoms with E-state index in [1.54, 1.807) is 49.4 Å². The third kappa shape index (κ3) is 4.80. The van der Waals surface area contributed by atoms with Crippen molar-refractivity contribution in [2.24, 2.45) is 0 Å². The molecule has 0 amide bonds. The summed E-state index contributed by atoms with van der Waals surface area (Å²) in [4.78, 5) is 15.2. The van der Waals surface area contributed by atoms with Crippen LogP contribution in [0.1, 0.15) is 27.0 Å². The minimum atomic E-state index is -3.82. The van der Waals surface area contributed by atoms with E-state index in [0.717, 1.165) is 0 Å². The van der Waals surface area contributed by atoms with E-state index in [0.29, 0.717) is 16.7 Å². The number of pyridine rings is 1. The van der Waals surface area contributed by atoms with Gasteiger partial charge in [0.1, 0.15) is 17.1 Å². The van der Waals surface area contributed by atoms with Gasteiger partial charge in [0.25, 0.3) is 10.0 Å². The molecule has 0 saturated carbocycles. The highest BCUT2D eigenvalue weighted by atomic mass is 32.2. The third-order valence-corrected chi connectivity index (χ3v) is 5.46. The number of aromatic hydroxyl groups is 1. The Morgan fingerprint density at radius 3 is 2.45 bits per heavy atom. The molecule has 0 aliphatic carbocycles. The minimum absolute atomic E-state index is 0.0710. The molecule has 0 aliphatic rings. The van der Waals surface area contributed by atoms with Crippen LogP contribution in [0.2, 0.25) is 0 Å². The van der Waals surface area contributed by atoms with E-state index in [1.807, 2.05) is 0 Å². The van der Waals surface area contributed by atoms with Gasteiger partial charge in [-0.1, -0.05) is 36.4 Å². The molecule has 0 bridgehead atoms. The molecule has 3 rings (SSSR count). The first kappa shape index (κ1) is 20.1. The lowest BCUT2D eigenvalue weighted by atomic mass is 10.1. The van der Waals surface area contributed by atoms with Gasteiger partial charge in [-0.15, -0.1) is 0 Å². The number of nitrogens with zero attached hydrogens (tertiary/aromatic N) is 1. The first-order valence-corrected chi connectivity index (χ1v) is 10.0. The van der Waals surface area contributed by atoms with Crippen LogP contribution >= 0.6 is 0 Å². The van der Waals surface area contributed by atoms with Crippen LogP contribution in [0, 0.1) is 6.92 Å². The van der Waals surface area contributed by atoms with E-state index < -0.39 is 16.0 Å². The van der Waals surface area contributed by atoms with Crippen molar-refractivity contribution >= 4 is 34.0 Å². The minimum Gasteiger partial charge on any atom is -0.507 e. The molecule has 7 nitrogen and oxygen atoms in total. The molecule has 1 aromatic heterocycles. The molecule has 0 aliphatic heterocycles. The van der Waals surface area contributed by atoms with Crippen LogP contribution in [0.5, 0.6) is 5.75 Å². The maximum Gasteiger partial charge on any atom is 0.339 e. The fourth-order valence-electron chi connectivity index (χ4n) is 2.59. The van der Waals surface area contributed by atoms with Crippen molar-refractivity contribution in [3.63, 3.8) is 0 Å². The van der Waals surface area contributed by atoms with Gasteiger partial charge in [-0.2, -0.15) is 0 Å². The van der Waals surface area contributed by atoms with Crippen LogP contribution in [0.4, 0.5) is 5.82 Å². The fraction of sp³-hybridized carbons (Fsp3) is 0.0476. The monoisotopic (exact) mass is 410 g/mol. The zero-order valence-electron chi connectivity index (χ0n) is 15.4. The maximum absolute atomic E-state index is 12.7. The number of aromatic carboxylic acids is 1. The maximum atomic E-state index is 12.7. The number of aromatic nitrogens is 1. The summed E-state index contributed by atoms with van der Waals surface area (Å²) in [6, 6.07) is 14.0. The molecule has 0 saturated heterocycles. The number of carbonyl (C=O) groups is 1. The number of hydrogen-bond acceptors (Lipinski definition) is 5. The molecule has 2 aromatic carbocycles. The Balaban J connectivity index is 1.86. The van der Waals surface area contributed by atoms with E-state index in [2.05, 4.69) is 9.71 Å². The number of nitrogens with one attached hydrogen (secondary N) is 1. The molecule has 29 heavy (non-hydrogen) atoms. The van der Waals surface area contributed by atoms with Gasteiger partial charge >= 0.3 is 5.97 Å². The van der Waals surface area contributed by atoms with Crippen molar-refractivity contribution in [2.45, 2.75) is 11.8 Å². The molecule has 1 heterocycles. The van der Waals surface area contributed by atoms with E-state index >= 15 is 0 Å². The number of rotatable bonds is 6. The van der Waals surface area contributed by atoms with Crippen LogP contribution < -0.4 is 4.72 Å². The van der Waals surface area contributed by atoms with Crippen molar-refractivity contribution in [3.05, 3.63) is 83.0 Å². The van der Waals surface area contributed by atoms with Crippen LogP contribution in [0.15, 0.2) is 65.7 Å². The number of anilines is 1. The van der Waals surface area contributed by atoms with E-state index in [-0.39, 0.29) is 22.0 Å². The van der Waals surface area contributed by atoms with Crippen molar-refractivity contribution < 1.29 is 23.4 Å². The standard InChI is InChI=1S/C21H18N2O5S/c1-14-4-3-11-22-20(14)23-29(27,28)17-6-2-5-15(12-17)7-8-16-9-10-19(24)18(13-16)21(25)26/h2-13,24H,1H3,(H,22,23)(H,25,26). The second kappa shape index (κ2) is 8.15. The first-order chi connectivity index (χ1) is 13.8. The molecule has 0 spiro atoms. The number of sulfonamides is 1. The smallest absolute Gasteiger partial charge is 0.339 e. The van der Waals surface area contributed by atoms with Crippen LogP contribution in [-0.2, 0) is 10.0 Å². The molecule has 3 N–H and O–H groups in total. The van der Waals surface area contributed by atoms with Gasteiger partial charge in [0.2, 0.25) is 0 Å². The highest BCUT2D eigenvalue weighted by molar-refractivity contribution is 7.92. The molecule has 148 valence electrons. The topological polar surface area (TPSA) is 117 Å². The highest BCUT2D eigenvalue weighted by Gasteiger charge is 2.16. The molecular formula is C21H18N2O5S. The molecular weight excluding hydrogens is 392 g/mol. The zero-order valence-corrected chi connectivity index (χ0v) is 16.2. The Morgan fingerprint density at radius 2 is 1.76 bits per heavy atom. The van der Waals surface area contributed by atoms with Crippen molar-refractivity contribution in [2.75, 3.05) is 4.72 Å². The van der Waals surface area contributed by atoms with Crippen molar-refractivity contribution in [1.82, 2.24) is 4.98 Å². The molecule has 0 fully saturated rings. The van der Waals surface area contributed by atoms with Gasteiger partial charge < -0.3 is 10.2 Å². The van der Waals surface area contributed by atoms with E-state index in [9.17, 15) is 18.3 Å². The van der Waals surface area contributed by atoms with Gasteiger partial charge in [-0.3, -0.25) is 4.72 Å². The van der Waals surface area contributed by atoms with Gasteiger partial charge in [0.05, 0.1) is 4.90 Å². The van der Waals surface area contributed by atoms with Gasteiger partial charge in [-0.05, 0) is 53.9 Å². The summed E-state index contributed by atoms with van der Waals surface area (Å²) >= 11 is 0. The number of benzene rings is 2. The lowest BCUT2D eigenvalue weighted by Crippen LogP contribution is -2.14. The highest BCUT2D eigenvalue weighted by Crippen LogP contribution is 2.21. The average Bonchev–Trinajstić information content (AvgIpc) is 2.69. The summed E-state index contributed by atoms with van der Waals surface area (Å²) in [7, 11) is -3.82. The lowest BCUT2D eigenvalue weighted by Gasteiger charge is -2.09. The quantitative estimate of drug-likeness (QED) is 0.533. The molecule has 8 heteroatoms. The number of hydrogen-bond donors (Lipinski definition) is 3. The van der Waals surface area contributed by atoms with Crippen LogP contribution in [-0.4, -0.2) is 29.6 Å². The summed E-state index contributed by atoms with van der Waals surface area (Å²) in [5.41, 5.74) is 1.65. The number of carboxylic acids is 1. The Bertz CT molecular complexity index is 1200. The summed E-state index contributed by atoms with van der Waals surface area (Å²) < 4.78 is 27.8. The zero-order chi connectivity index (χ0) is 21.0. The predicted molar refractivity (Wildman–Crippen MR) is 110 cm³/mol. The van der Waals surface area contributed by atoms with E-state index in [1.165, 1.54) is 30.5 Å². The van der Waals surface area contributed by atoms with Crippen molar-refractivity contribution in [3.8, 4) is 5.75 Å². The second-order valence-electron chi connectivity index (χ2n) is 6.26. The molecule has 0 atom stereocenters. The molecule has 3 aromatic rings. The average molecular weight is 410 g/mol. The Kier molecular flexibility index (Phi) is 5.65. The summed E-state index contributed by atoms with van der Waals surface area (Å²) in [6.45, 7) is 1.76. The summed E-state index contributed by atoms with van der Waals surface area (Å²) in [5, 5.41) is 18.7. The Hall–Kier alpha value is -3.65. The summed E-state index contributed by atoms with van der Waals surface area (Å²) in [6.07, 6.45) is 4.80. The van der Waals surface area contributed by atoms with E-state index in [4.69, 9.17) is 5.11 Å². The Morgan fingerprint density at radius 1 is 1.03 bits per heavy atom. The third-order valence-electron chi connectivity index (χ3n) is 4.13.